The number of carbonyl (C=O) groups excluding carboxylic acids is 3. The van der Waals surface area contributed by atoms with Gasteiger partial charge in [0.25, 0.3) is 0 Å². The van der Waals surface area contributed by atoms with Crippen molar-refractivity contribution in [1.29, 1.82) is 0 Å². The van der Waals surface area contributed by atoms with E-state index in [1.54, 1.807) is 0 Å². The monoisotopic (exact) mass is 451 g/mol. The minimum absolute atomic E-state index is 0.111. The summed E-state index contributed by atoms with van der Waals surface area (Å²) in [6.45, 7) is 4.51. The fourth-order valence-electron chi connectivity index (χ4n) is 1.61. The Labute approximate surface area is 175 Å². The molecule has 0 aromatic rings. The third-order valence-electron chi connectivity index (χ3n) is 3.13. The predicted molar refractivity (Wildman–Crippen MR) is 108 cm³/mol. The molecule has 11 nitrogen and oxygen atoms in total. The molecule has 2 atom stereocenters. The first-order valence-corrected chi connectivity index (χ1v) is 10.9. The Morgan fingerprint density at radius 3 is 2.38 bits per heavy atom. The number of esters is 1. The number of amides is 2. The number of ether oxygens (including phenoxy) is 1. The van der Waals surface area contributed by atoms with Crippen LogP contribution in [0.1, 0.15) is 19.8 Å². The largest absolute Gasteiger partial charge is 0.480 e. The zero-order chi connectivity index (χ0) is 22.4. The minimum Gasteiger partial charge on any atom is -0.480 e. The Morgan fingerprint density at radius 1 is 1.17 bits per heavy atom. The molecule has 6 N–H and O–H groups in total. The summed E-state index contributed by atoms with van der Waals surface area (Å²) in [4.78, 5) is 56.6. The molecule has 0 saturated heterocycles. The van der Waals surface area contributed by atoms with Crippen molar-refractivity contribution >= 4 is 51.3 Å². The van der Waals surface area contributed by atoms with Crippen molar-refractivity contribution in [2.75, 3.05) is 24.7 Å². The van der Waals surface area contributed by atoms with Gasteiger partial charge in [0.2, 0.25) is 11.8 Å². The van der Waals surface area contributed by atoms with E-state index in [0.29, 0.717) is 5.75 Å². The number of nitrogens with two attached hydrogens (primary N) is 1. The molecule has 0 aliphatic heterocycles. The molecule has 0 aliphatic rings. The molecule has 0 bridgehead atoms. The second-order valence-electron chi connectivity index (χ2n) is 5.74. The van der Waals surface area contributed by atoms with E-state index >= 15 is 0 Å². The lowest BCUT2D eigenvalue weighted by atomic mass is 10.1. The normalized spacial score (nSPS) is 12.3. The van der Waals surface area contributed by atoms with E-state index in [0.717, 1.165) is 0 Å². The van der Waals surface area contributed by atoms with Crippen LogP contribution in [-0.2, 0) is 28.7 Å². The van der Waals surface area contributed by atoms with Crippen molar-refractivity contribution < 1.29 is 38.9 Å². The lowest BCUT2D eigenvalue weighted by Crippen LogP contribution is -2.49. The summed E-state index contributed by atoms with van der Waals surface area (Å²) in [5.74, 6) is -3.72. The SMILES string of the molecule is C=C(C)C(=O)OCCSSCC(NC(=O)CC[C@H](N)C(=O)O)C(=O)NCC(=O)O. The molecule has 0 aliphatic carbocycles. The number of carboxylic acid groups (broad SMARTS) is 2. The first kappa shape index (κ1) is 26.8. The Kier molecular flexibility index (Phi) is 13.6. The van der Waals surface area contributed by atoms with E-state index in [-0.39, 0.29) is 30.8 Å². The van der Waals surface area contributed by atoms with Crippen LogP contribution in [0, 0.1) is 0 Å². The Bertz CT molecular complexity index is 629. The van der Waals surface area contributed by atoms with E-state index < -0.39 is 48.4 Å². The summed E-state index contributed by atoms with van der Waals surface area (Å²) < 4.78 is 4.91. The van der Waals surface area contributed by atoms with Crippen LogP contribution in [0.2, 0.25) is 0 Å². The molecule has 1 unspecified atom stereocenters. The highest BCUT2D eigenvalue weighted by Gasteiger charge is 2.22. The summed E-state index contributed by atoms with van der Waals surface area (Å²) in [6, 6.07) is -2.23. The third kappa shape index (κ3) is 13.5. The highest BCUT2D eigenvalue weighted by Crippen LogP contribution is 2.22. The molecule has 29 heavy (non-hydrogen) atoms. The van der Waals surface area contributed by atoms with Gasteiger partial charge in [-0.25, -0.2) is 4.79 Å². The molecule has 2 amide bonds. The summed E-state index contributed by atoms with van der Waals surface area (Å²) >= 11 is 0. The maximum atomic E-state index is 12.1. The van der Waals surface area contributed by atoms with Gasteiger partial charge in [0.1, 0.15) is 25.2 Å². The van der Waals surface area contributed by atoms with Gasteiger partial charge in [-0.2, -0.15) is 0 Å². The van der Waals surface area contributed by atoms with Gasteiger partial charge < -0.3 is 31.3 Å². The van der Waals surface area contributed by atoms with Crippen molar-refractivity contribution in [2.45, 2.75) is 31.8 Å². The number of aliphatic carboxylic acids is 2. The Balaban J connectivity index is 4.49. The van der Waals surface area contributed by atoms with Crippen LogP contribution in [0.3, 0.4) is 0 Å². The fourth-order valence-corrected chi connectivity index (χ4v) is 3.60. The van der Waals surface area contributed by atoms with Gasteiger partial charge in [-0.1, -0.05) is 28.2 Å². The van der Waals surface area contributed by atoms with E-state index in [1.807, 2.05) is 0 Å². The van der Waals surface area contributed by atoms with Crippen LogP contribution in [0.4, 0.5) is 0 Å². The van der Waals surface area contributed by atoms with Crippen LogP contribution in [0.15, 0.2) is 12.2 Å². The molecule has 0 aromatic heterocycles. The summed E-state index contributed by atoms with van der Waals surface area (Å²) in [5, 5.41) is 22.0. The molecule has 0 aromatic carbocycles. The van der Waals surface area contributed by atoms with E-state index in [2.05, 4.69) is 17.2 Å². The number of rotatable bonds is 15. The number of carbonyl (C=O) groups is 5. The molecule has 0 radical (unpaired) electrons. The molecular formula is C16H25N3O8S2. The maximum absolute atomic E-state index is 12.1. The lowest BCUT2D eigenvalue weighted by Gasteiger charge is -2.18. The number of hydrogen-bond acceptors (Lipinski definition) is 9. The molecule has 0 spiro atoms. The lowest BCUT2D eigenvalue weighted by molar-refractivity contribution is -0.139. The zero-order valence-corrected chi connectivity index (χ0v) is 17.5. The number of nitrogens with one attached hydrogen (secondary N) is 2. The minimum atomic E-state index is -1.24. The predicted octanol–water partition coefficient (Wildman–Crippen LogP) is -0.635. The fraction of sp³-hybridized carbons (Fsp3) is 0.562. The highest BCUT2D eigenvalue weighted by atomic mass is 33.1. The molecule has 0 fully saturated rings. The smallest absolute Gasteiger partial charge is 0.333 e. The Morgan fingerprint density at radius 2 is 1.83 bits per heavy atom. The van der Waals surface area contributed by atoms with Crippen LogP contribution in [0.5, 0.6) is 0 Å². The van der Waals surface area contributed by atoms with E-state index in [1.165, 1.54) is 28.5 Å². The third-order valence-corrected chi connectivity index (χ3v) is 5.51. The molecule has 13 heteroatoms. The van der Waals surface area contributed by atoms with Gasteiger partial charge in [-0.3, -0.25) is 19.2 Å². The quantitative estimate of drug-likeness (QED) is 0.0923. The number of hydrogen-bond donors (Lipinski definition) is 5. The molecule has 0 heterocycles. The first-order valence-electron chi connectivity index (χ1n) is 8.38. The average molecular weight is 452 g/mol. The first-order chi connectivity index (χ1) is 13.5. The van der Waals surface area contributed by atoms with Gasteiger partial charge in [0.05, 0.1) is 0 Å². The van der Waals surface area contributed by atoms with E-state index in [9.17, 15) is 24.0 Å². The van der Waals surface area contributed by atoms with Crippen molar-refractivity contribution in [3.63, 3.8) is 0 Å². The second kappa shape index (κ2) is 14.7. The number of carboxylic acids is 2. The van der Waals surface area contributed by atoms with Gasteiger partial charge in [0.15, 0.2) is 0 Å². The van der Waals surface area contributed by atoms with Crippen LogP contribution in [0.25, 0.3) is 0 Å². The van der Waals surface area contributed by atoms with Crippen molar-refractivity contribution in [3.05, 3.63) is 12.2 Å². The summed E-state index contributed by atoms with van der Waals surface area (Å²) in [7, 11) is 2.51. The maximum Gasteiger partial charge on any atom is 0.333 e. The summed E-state index contributed by atoms with van der Waals surface area (Å²) in [5.41, 5.74) is 5.61. The molecular weight excluding hydrogens is 426 g/mol. The molecule has 0 saturated carbocycles. The van der Waals surface area contributed by atoms with E-state index in [4.69, 9.17) is 20.7 Å². The van der Waals surface area contributed by atoms with Gasteiger partial charge >= 0.3 is 17.9 Å². The molecule has 164 valence electrons. The zero-order valence-electron chi connectivity index (χ0n) is 15.8. The Hall–Kier alpha value is -2.25. The van der Waals surface area contributed by atoms with Crippen molar-refractivity contribution in [2.24, 2.45) is 5.73 Å². The standard InChI is InChI=1S/C16H25N3O8S2/c1-9(2)16(26)27-5-6-28-29-8-11(14(23)18-7-13(21)22)19-12(20)4-3-10(17)15(24)25/h10-11H,1,3-8,17H2,2H3,(H,18,23)(H,19,20)(H,21,22)(H,24,25)/t10-,11?/m0/s1. The van der Waals surface area contributed by atoms with Crippen molar-refractivity contribution in [3.8, 4) is 0 Å². The molecule has 0 rings (SSSR count). The van der Waals surface area contributed by atoms with Gasteiger partial charge in [0, 0.05) is 23.5 Å². The average Bonchev–Trinajstić information content (AvgIpc) is 2.65. The highest BCUT2D eigenvalue weighted by molar-refractivity contribution is 8.76. The van der Waals surface area contributed by atoms with Gasteiger partial charge in [-0.05, 0) is 13.3 Å². The van der Waals surface area contributed by atoms with Crippen LogP contribution < -0.4 is 16.4 Å². The summed E-state index contributed by atoms with van der Waals surface area (Å²) in [6.07, 6.45) is -0.314. The van der Waals surface area contributed by atoms with Crippen LogP contribution in [-0.4, -0.2) is 76.7 Å². The van der Waals surface area contributed by atoms with Crippen LogP contribution >= 0.6 is 21.6 Å². The topological polar surface area (TPSA) is 185 Å². The second-order valence-corrected chi connectivity index (χ2v) is 8.36. The van der Waals surface area contributed by atoms with Gasteiger partial charge in [-0.15, -0.1) is 0 Å². The van der Waals surface area contributed by atoms with Crippen molar-refractivity contribution in [1.82, 2.24) is 10.6 Å².